The quantitative estimate of drug-likeness (QED) is 0.237. The van der Waals surface area contributed by atoms with E-state index in [9.17, 15) is 23.4 Å². The summed E-state index contributed by atoms with van der Waals surface area (Å²) in [5.41, 5.74) is 0.599. The molecule has 1 fully saturated rings. The molecule has 10 nitrogen and oxygen atoms in total. The number of hydrogen-bond acceptors (Lipinski definition) is 12. The van der Waals surface area contributed by atoms with Crippen LogP contribution in [0.4, 0.5) is 13.2 Å². The number of aliphatic hydroxyl groups is 2. The summed E-state index contributed by atoms with van der Waals surface area (Å²) in [4.78, 5) is 14.1. The fourth-order valence-electron chi connectivity index (χ4n) is 4.61. The second kappa shape index (κ2) is 12.2. The van der Waals surface area contributed by atoms with Gasteiger partial charge < -0.3 is 19.7 Å². The summed E-state index contributed by atoms with van der Waals surface area (Å²) in [6, 6.07) is 2.59. The Bertz CT molecular complexity index is 1650. The first-order valence-electron chi connectivity index (χ1n) is 12.4. The molecule has 1 aromatic carbocycles. The van der Waals surface area contributed by atoms with Crippen molar-refractivity contribution < 1.29 is 32.9 Å². The summed E-state index contributed by atoms with van der Waals surface area (Å²) in [7, 11) is 1.44. The number of rotatable bonds is 8. The van der Waals surface area contributed by atoms with Gasteiger partial charge in [-0.2, -0.15) is 0 Å². The molecule has 6 rings (SSSR count). The molecule has 2 unspecified atom stereocenters. The Morgan fingerprint density at radius 1 is 1.02 bits per heavy atom. The third kappa shape index (κ3) is 5.46. The van der Waals surface area contributed by atoms with Gasteiger partial charge in [-0.05, 0) is 18.2 Å². The fourth-order valence-corrected chi connectivity index (χ4v) is 7.25. The first kappa shape index (κ1) is 28.9. The summed E-state index contributed by atoms with van der Waals surface area (Å²) in [5.74, 6) is -4.34. The van der Waals surface area contributed by atoms with Crippen LogP contribution in [0.3, 0.4) is 0 Å². The van der Waals surface area contributed by atoms with Crippen LogP contribution in [0.2, 0.25) is 0 Å². The lowest BCUT2D eigenvalue weighted by molar-refractivity contribution is -0.186. The van der Waals surface area contributed by atoms with Crippen LogP contribution in [0.15, 0.2) is 58.6 Å². The standard InChI is InChI=1S/C26H21F3N6O4S3/c1-38-23-21(35-10-16(33-34-35)12-6-14(27)19(29)15(28)7-12)22(37)17(11-36)39-26(23)42-18-8-13(24-30-2-4-40-24)9-32-20(18)25-31-3-5-41-25/h2-10,17,21-23,26,36-37H,11H2,1H3/t17?,21-,22-,23?,26+/m0/s1. The average molecular weight is 635 g/mol. The molecule has 0 saturated carbocycles. The smallest absolute Gasteiger partial charge is 0.194 e. The Hall–Kier alpha value is -3.25. The van der Waals surface area contributed by atoms with E-state index in [4.69, 9.17) is 9.47 Å². The minimum absolute atomic E-state index is 0.0394. The molecule has 5 atom stereocenters. The van der Waals surface area contributed by atoms with E-state index in [0.29, 0.717) is 15.6 Å². The van der Waals surface area contributed by atoms with Gasteiger partial charge in [-0.3, -0.25) is 4.98 Å². The number of benzene rings is 1. The highest BCUT2D eigenvalue weighted by Gasteiger charge is 2.47. The van der Waals surface area contributed by atoms with E-state index in [1.54, 1.807) is 18.6 Å². The van der Waals surface area contributed by atoms with Gasteiger partial charge in [-0.1, -0.05) is 17.0 Å². The molecule has 42 heavy (non-hydrogen) atoms. The third-order valence-electron chi connectivity index (χ3n) is 6.60. The monoisotopic (exact) mass is 634 g/mol. The molecule has 5 heterocycles. The lowest BCUT2D eigenvalue weighted by Crippen LogP contribution is -2.55. The second-order valence-corrected chi connectivity index (χ2v) is 12.0. The molecule has 0 bridgehead atoms. The summed E-state index contributed by atoms with van der Waals surface area (Å²) in [6.45, 7) is -0.516. The van der Waals surface area contributed by atoms with Crippen molar-refractivity contribution in [1.29, 1.82) is 0 Å². The summed E-state index contributed by atoms with van der Waals surface area (Å²) in [6.07, 6.45) is 3.27. The minimum Gasteiger partial charge on any atom is -0.394 e. The maximum Gasteiger partial charge on any atom is 0.194 e. The molecular weight excluding hydrogens is 614 g/mol. The molecule has 4 aromatic heterocycles. The Morgan fingerprint density at radius 3 is 2.38 bits per heavy atom. The Kier molecular flexibility index (Phi) is 8.35. The zero-order valence-electron chi connectivity index (χ0n) is 21.5. The van der Waals surface area contributed by atoms with E-state index in [1.165, 1.54) is 52.4 Å². The lowest BCUT2D eigenvalue weighted by Gasteiger charge is -2.43. The molecule has 1 aliphatic heterocycles. The van der Waals surface area contributed by atoms with Crippen LogP contribution in [0.5, 0.6) is 0 Å². The number of aliphatic hydroxyl groups excluding tert-OH is 2. The fraction of sp³-hybridized carbons (Fsp3) is 0.269. The molecule has 0 aliphatic carbocycles. The van der Waals surface area contributed by atoms with Crippen LogP contribution in [0.25, 0.3) is 32.5 Å². The normalized spacial score (nSPS) is 22.5. The average Bonchev–Trinajstić information content (AvgIpc) is 3.79. The second-order valence-electron chi connectivity index (χ2n) is 9.11. The SMILES string of the molecule is COC1[C@@H](Sc2cc(-c3nccs3)cnc2-c2nccs2)OC(CO)[C@H](O)[C@@H]1n1cc(-c2cc(F)c(F)c(F)c2)nn1. The molecule has 1 aliphatic rings. The molecule has 0 radical (unpaired) electrons. The molecule has 2 N–H and O–H groups in total. The molecule has 1 saturated heterocycles. The van der Waals surface area contributed by atoms with Gasteiger partial charge in [0.1, 0.15) is 51.2 Å². The molecule has 5 aromatic rings. The maximum absolute atomic E-state index is 13.9. The van der Waals surface area contributed by atoms with Gasteiger partial charge in [-0.25, -0.2) is 27.8 Å². The lowest BCUT2D eigenvalue weighted by atomic mass is 9.97. The van der Waals surface area contributed by atoms with Crippen molar-refractivity contribution in [1.82, 2.24) is 29.9 Å². The zero-order valence-corrected chi connectivity index (χ0v) is 24.0. The highest BCUT2D eigenvalue weighted by Crippen LogP contribution is 2.43. The predicted octanol–water partition coefficient (Wildman–Crippen LogP) is 4.43. The number of halogens is 3. The number of methoxy groups -OCH3 is 1. The summed E-state index contributed by atoms with van der Waals surface area (Å²) >= 11 is 4.15. The van der Waals surface area contributed by atoms with Crippen LogP contribution >= 0.6 is 34.4 Å². The van der Waals surface area contributed by atoms with E-state index in [0.717, 1.165) is 22.7 Å². The van der Waals surface area contributed by atoms with E-state index in [1.807, 2.05) is 16.8 Å². The van der Waals surface area contributed by atoms with Gasteiger partial charge in [0, 0.05) is 52.5 Å². The number of hydrogen-bond donors (Lipinski definition) is 2. The van der Waals surface area contributed by atoms with E-state index >= 15 is 0 Å². The van der Waals surface area contributed by atoms with Crippen molar-refractivity contribution in [2.24, 2.45) is 0 Å². The molecule has 0 amide bonds. The number of pyridine rings is 1. The first-order chi connectivity index (χ1) is 20.4. The van der Waals surface area contributed by atoms with Crippen molar-refractivity contribution in [3.63, 3.8) is 0 Å². The van der Waals surface area contributed by atoms with Gasteiger partial charge in [-0.15, -0.1) is 27.8 Å². The molecular formula is C26H21F3N6O4S3. The van der Waals surface area contributed by atoms with Crippen LogP contribution in [-0.2, 0) is 9.47 Å². The van der Waals surface area contributed by atoms with Gasteiger partial charge in [0.15, 0.2) is 17.5 Å². The topological polar surface area (TPSA) is 128 Å². The molecule has 16 heteroatoms. The van der Waals surface area contributed by atoms with Crippen LogP contribution in [0, 0.1) is 17.5 Å². The highest BCUT2D eigenvalue weighted by atomic mass is 32.2. The number of aromatic nitrogens is 6. The Morgan fingerprint density at radius 2 is 1.74 bits per heavy atom. The van der Waals surface area contributed by atoms with Crippen LogP contribution in [0.1, 0.15) is 6.04 Å². The highest BCUT2D eigenvalue weighted by molar-refractivity contribution is 8.00. The van der Waals surface area contributed by atoms with Crippen molar-refractivity contribution in [2.45, 2.75) is 34.7 Å². The number of nitrogens with zero attached hydrogens (tertiary/aromatic N) is 6. The maximum atomic E-state index is 13.9. The Labute approximate surface area is 248 Å². The van der Waals surface area contributed by atoms with Gasteiger partial charge in [0.05, 0.1) is 12.8 Å². The largest absolute Gasteiger partial charge is 0.394 e. The molecule has 0 spiro atoms. The zero-order chi connectivity index (χ0) is 29.4. The summed E-state index contributed by atoms with van der Waals surface area (Å²) in [5, 5.41) is 34.5. The van der Waals surface area contributed by atoms with Crippen LogP contribution in [-0.4, -0.2) is 77.6 Å². The van der Waals surface area contributed by atoms with E-state index in [2.05, 4.69) is 25.3 Å². The van der Waals surface area contributed by atoms with Crippen molar-refractivity contribution in [3.05, 3.63) is 71.2 Å². The van der Waals surface area contributed by atoms with Crippen molar-refractivity contribution >= 4 is 34.4 Å². The molecule has 218 valence electrons. The minimum atomic E-state index is -1.60. The van der Waals surface area contributed by atoms with Crippen LogP contribution < -0.4 is 0 Å². The Balaban J connectivity index is 1.37. The van der Waals surface area contributed by atoms with Crippen molar-refractivity contribution in [3.8, 4) is 32.5 Å². The predicted molar refractivity (Wildman–Crippen MR) is 149 cm³/mol. The number of thioether (sulfide) groups is 1. The van der Waals surface area contributed by atoms with Gasteiger partial charge >= 0.3 is 0 Å². The van der Waals surface area contributed by atoms with E-state index in [-0.39, 0.29) is 11.3 Å². The van der Waals surface area contributed by atoms with Gasteiger partial charge in [0.25, 0.3) is 0 Å². The van der Waals surface area contributed by atoms with Gasteiger partial charge in [0.2, 0.25) is 0 Å². The first-order valence-corrected chi connectivity index (χ1v) is 15.0. The van der Waals surface area contributed by atoms with Crippen molar-refractivity contribution in [2.75, 3.05) is 13.7 Å². The third-order valence-corrected chi connectivity index (χ3v) is 9.38. The number of thiazole rings is 2. The summed E-state index contributed by atoms with van der Waals surface area (Å²) < 4.78 is 54.5. The van der Waals surface area contributed by atoms with E-state index < -0.39 is 53.8 Å². The number of ether oxygens (including phenoxy) is 2.